The lowest BCUT2D eigenvalue weighted by Gasteiger charge is -2.50. The van der Waals surface area contributed by atoms with Gasteiger partial charge < -0.3 is 16.2 Å². The summed E-state index contributed by atoms with van der Waals surface area (Å²) in [6.45, 7) is 5.90. The zero-order chi connectivity index (χ0) is 13.5. The first-order valence-corrected chi connectivity index (χ1v) is 6.18. The Balaban J connectivity index is 2.07. The molecule has 0 spiro atoms. The summed E-state index contributed by atoms with van der Waals surface area (Å²) in [5.74, 6) is 0.0978. The smallest absolute Gasteiger partial charge is 0.251 e. The second-order valence-electron chi connectivity index (χ2n) is 5.69. The Morgan fingerprint density at radius 2 is 2.17 bits per heavy atom. The lowest BCUT2D eigenvalue weighted by atomic mass is 9.63. The van der Waals surface area contributed by atoms with Crippen LogP contribution < -0.4 is 11.1 Å². The maximum atomic E-state index is 12.1. The maximum Gasteiger partial charge on any atom is 0.251 e. The van der Waals surface area contributed by atoms with Gasteiger partial charge in [0.15, 0.2) is 0 Å². The number of benzene rings is 1. The monoisotopic (exact) mass is 248 g/mol. The van der Waals surface area contributed by atoms with Crippen molar-refractivity contribution in [1.82, 2.24) is 5.32 Å². The van der Waals surface area contributed by atoms with Gasteiger partial charge in [-0.15, -0.1) is 0 Å². The standard InChI is InChI=1S/C14H20N2O2/c1-8-6-9(4-5-10(8)17)13(18)16-12-7-11(15)14(12,2)3/h4-6,11-12,17H,7,15H2,1-3H3,(H,16,18). The molecule has 4 nitrogen and oxygen atoms in total. The fourth-order valence-electron chi connectivity index (χ4n) is 2.24. The molecular formula is C14H20N2O2. The summed E-state index contributed by atoms with van der Waals surface area (Å²) in [6.07, 6.45) is 0.815. The third-order valence-corrected chi connectivity index (χ3v) is 4.11. The molecule has 1 fully saturated rings. The zero-order valence-corrected chi connectivity index (χ0v) is 11.0. The number of carbonyl (C=O) groups excluding carboxylic acids is 1. The lowest BCUT2D eigenvalue weighted by molar-refractivity contribution is 0.0586. The van der Waals surface area contributed by atoms with Crippen LogP contribution in [0.2, 0.25) is 0 Å². The molecule has 2 rings (SSSR count). The number of nitrogens with two attached hydrogens (primary N) is 1. The minimum absolute atomic E-state index is 0.0539. The molecule has 1 saturated carbocycles. The van der Waals surface area contributed by atoms with Crippen molar-refractivity contribution in [2.24, 2.45) is 11.1 Å². The Bertz CT molecular complexity index is 483. The van der Waals surface area contributed by atoms with Crippen molar-refractivity contribution < 1.29 is 9.90 Å². The molecule has 1 aliphatic rings. The molecule has 2 unspecified atom stereocenters. The van der Waals surface area contributed by atoms with Crippen LogP contribution in [-0.2, 0) is 0 Å². The third-order valence-electron chi connectivity index (χ3n) is 4.11. The van der Waals surface area contributed by atoms with Crippen LogP contribution in [-0.4, -0.2) is 23.1 Å². The van der Waals surface area contributed by atoms with Crippen LogP contribution in [0.3, 0.4) is 0 Å². The maximum absolute atomic E-state index is 12.1. The first-order valence-electron chi connectivity index (χ1n) is 6.18. The van der Waals surface area contributed by atoms with Gasteiger partial charge in [0.05, 0.1) is 0 Å². The van der Waals surface area contributed by atoms with Gasteiger partial charge in [0.2, 0.25) is 0 Å². The van der Waals surface area contributed by atoms with Gasteiger partial charge in [0, 0.05) is 23.1 Å². The van der Waals surface area contributed by atoms with E-state index in [4.69, 9.17) is 5.73 Å². The number of rotatable bonds is 2. The molecule has 98 valence electrons. The van der Waals surface area contributed by atoms with E-state index in [2.05, 4.69) is 19.2 Å². The molecular weight excluding hydrogens is 228 g/mol. The predicted molar refractivity (Wildman–Crippen MR) is 70.5 cm³/mol. The van der Waals surface area contributed by atoms with Gasteiger partial charge in [-0.2, -0.15) is 0 Å². The van der Waals surface area contributed by atoms with Crippen molar-refractivity contribution in [2.75, 3.05) is 0 Å². The highest BCUT2D eigenvalue weighted by atomic mass is 16.3. The van der Waals surface area contributed by atoms with Crippen molar-refractivity contribution in [3.8, 4) is 5.75 Å². The molecule has 0 saturated heterocycles. The fraction of sp³-hybridized carbons (Fsp3) is 0.500. The van der Waals surface area contributed by atoms with E-state index in [1.54, 1.807) is 25.1 Å². The van der Waals surface area contributed by atoms with Gasteiger partial charge in [-0.1, -0.05) is 13.8 Å². The van der Waals surface area contributed by atoms with Crippen LogP contribution in [0.4, 0.5) is 0 Å². The third kappa shape index (κ3) is 2.08. The van der Waals surface area contributed by atoms with Crippen LogP contribution in [0.5, 0.6) is 5.75 Å². The van der Waals surface area contributed by atoms with E-state index in [0.717, 1.165) is 6.42 Å². The highest BCUT2D eigenvalue weighted by molar-refractivity contribution is 5.94. The Morgan fingerprint density at radius 3 is 2.67 bits per heavy atom. The number of nitrogens with one attached hydrogen (secondary N) is 1. The number of phenolic OH excluding ortho intramolecular Hbond substituents is 1. The highest BCUT2D eigenvalue weighted by Crippen LogP contribution is 2.39. The van der Waals surface area contributed by atoms with E-state index >= 15 is 0 Å². The normalized spacial score (nSPS) is 25.3. The van der Waals surface area contributed by atoms with E-state index in [1.165, 1.54) is 0 Å². The molecule has 1 amide bonds. The van der Waals surface area contributed by atoms with Gasteiger partial charge in [-0.05, 0) is 37.1 Å². The van der Waals surface area contributed by atoms with Crippen LogP contribution in [0.1, 0.15) is 36.2 Å². The molecule has 1 aromatic rings. The largest absolute Gasteiger partial charge is 0.508 e. The zero-order valence-electron chi connectivity index (χ0n) is 11.0. The molecule has 1 aliphatic carbocycles. The summed E-state index contributed by atoms with van der Waals surface area (Å²) in [4.78, 5) is 12.1. The topological polar surface area (TPSA) is 75.4 Å². The molecule has 2 atom stereocenters. The highest BCUT2D eigenvalue weighted by Gasteiger charge is 2.46. The van der Waals surface area contributed by atoms with Gasteiger partial charge in [0.25, 0.3) is 5.91 Å². The van der Waals surface area contributed by atoms with E-state index in [0.29, 0.717) is 11.1 Å². The Kier molecular flexibility index (Phi) is 3.07. The van der Waals surface area contributed by atoms with E-state index < -0.39 is 0 Å². The molecule has 0 aliphatic heterocycles. The van der Waals surface area contributed by atoms with E-state index in [-0.39, 0.29) is 29.2 Å². The van der Waals surface area contributed by atoms with Gasteiger partial charge in [-0.25, -0.2) is 0 Å². The second kappa shape index (κ2) is 4.28. The van der Waals surface area contributed by atoms with E-state index in [1.807, 2.05) is 0 Å². The molecule has 18 heavy (non-hydrogen) atoms. The summed E-state index contributed by atoms with van der Waals surface area (Å²) in [5.41, 5.74) is 7.14. The minimum Gasteiger partial charge on any atom is -0.508 e. The van der Waals surface area contributed by atoms with Crippen LogP contribution in [0.15, 0.2) is 18.2 Å². The van der Waals surface area contributed by atoms with Crippen molar-refractivity contribution in [1.29, 1.82) is 0 Å². The number of amides is 1. The summed E-state index contributed by atoms with van der Waals surface area (Å²) in [6, 6.07) is 5.12. The first kappa shape index (κ1) is 12.9. The van der Waals surface area contributed by atoms with Crippen molar-refractivity contribution in [2.45, 2.75) is 39.3 Å². The predicted octanol–water partition coefficient (Wildman–Crippen LogP) is 1.56. The summed E-state index contributed by atoms with van der Waals surface area (Å²) < 4.78 is 0. The van der Waals surface area contributed by atoms with Crippen LogP contribution >= 0.6 is 0 Å². The number of aromatic hydroxyl groups is 1. The molecule has 4 heteroatoms. The number of carbonyl (C=O) groups is 1. The van der Waals surface area contributed by atoms with Gasteiger partial charge in [0.1, 0.15) is 5.75 Å². The van der Waals surface area contributed by atoms with Gasteiger partial charge >= 0.3 is 0 Å². The first-order chi connectivity index (χ1) is 8.32. The molecule has 0 heterocycles. The Morgan fingerprint density at radius 1 is 1.50 bits per heavy atom. The molecule has 4 N–H and O–H groups in total. The van der Waals surface area contributed by atoms with Gasteiger partial charge in [-0.3, -0.25) is 4.79 Å². The number of hydrogen-bond donors (Lipinski definition) is 3. The van der Waals surface area contributed by atoms with Crippen molar-refractivity contribution >= 4 is 5.91 Å². The average molecular weight is 248 g/mol. The molecule has 0 aromatic heterocycles. The number of phenols is 1. The number of hydrogen-bond acceptors (Lipinski definition) is 3. The molecule has 0 radical (unpaired) electrons. The fourth-order valence-corrected chi connectivity index (χ4v) is 2.24. The average Bonchev–Trinajstić information content (AvgIpc) is 2.32. The summed E-state index contributed by atoms with van der Waals surface area (Å²) in [5, 5.41) is 12.4. The SMILES string of the molecule is Cc1cc(C(=O)NC2CC(N)C2(C)C)ccc1O. The van der Waals surface area contributed by atoms with Crippen LogP contribution in [0.25, 0.3) is 0 Å². The lowest BCUT2D eigenvalue weighted by Crippen LogP contribution is -2.64. The molecule has 1 aromatic carbocycles. The second-order valence-corrected chi connectivity index (χ2v) is 5.69. The van der Waals surface area contributed by atoms with Crippen molar-refractivity contribution in [3.63, 3.8) is 0 Å². The van der Waals surface area contributed by atoms with Crippen LogP contribution in [0, 0.1) is 12.3 Å². The van der Waals surface area contributed by atoms with Crippen molar-refractivity contribution in [3.05, 3.63) is 29.3 Å². The number of aryl methyl sites for hydroxylation is 1. The molecule has 0 bridgehead atoms. The summed E-state index contributed by atoms with van der Waals surface area (Å²) >= 11 is 0. The quantitative estimate of drug-likeness (QED) is 0.743. The Labute approximate surface area is 107 Å². The van der Waals surface area contributed by atoms with E-state index in [9.17, 15) is 9.90 Å². The summed E-state index contributed by atoms with van der Waals surface area (Å²) in [7, 11) is 0. The Hall–Kier alpha value is -1.55. The minimum atomic E-state index is -0.108.